The molecule has 168 valence electrons. The molecule has 33 heavy (non-hydrogen) atoms. The summed E-state index contributed by atoms with van der Waals surface area (Å²) in [4.78, 5) is 16.9. The van der Waals surface area contributed by atoms with Gasteiger partial charge in [-0.05, 0) is 48.9 Å². The Hall–Kier alpha value is -3.36. The average molecular weight is 480 g/mol. The van der Waals surface area contributed by atoms with Crippen LogP contribution in [0.5, 0.6) is 5.75 Å². The summed E-state index contributed by atoms with van der Waals surface area (Å²) >= 11 is 7.41. The van der Waals surface area contributed by atoms with Crippen LogP contribution in [0.2, 0.25) is 5.02 Å². The molecule has 2 aromatic carbocycles. The first kappa shape index (κ1) is 22.8. The number of hydrogen-bond donors (Lipinski definition) is 1. The molecule has 0 unspecified atom stereocenters. The molecule has 1 N–H and O–H groups in total. The van der Waals surface area contributed by atoms with E-state index in [0.717, 1.165) is 17.7 Å². The lowest BCUT2D eigenvalue weighted by atomic mass is 10.2. The number of rotatable bonds is 9. The third-order valence-electron chi connectivity index (χ3n) is 4.58. The van der Waals surface area contributed by atoms with E-state index in [1.807, 2.05) is 54.0 Å². The van der Waals surface area contributed by atoms with E-state index in [2.05, 4.69) is 20.5 Å². The fourth-order valence-corrected chi connectivity index (χ4v) is 4.03. The fourth-order valence-electron chi connectivity index (χ4n) is 3.11. The van der Waals surface area contributed by atoms with E-state index in [4.69, 9.17) is 16.3 Å². The van der Waals surface area contributed by atoms with Crippen molar-refractivity contribution in [2.45, 2.75) is 18.5 Å². The maximum Gasteiger partial charge on any atom is 0.234 e. The van der Waals surface area contributed by atoms with Gasteiger partial charge in [0.15, 0.2) is 11.0 Å². The molecule has 0 fully saturated rings. The number of nitrogens with zero attached hydrogens (tertiary/aromatic N) is 4. The third kappa shape index (κ3) is 5.71. The SMILES string of the molecule is CCCOc1ccc(Cl)cc1NC(=O)CSc1nnc(-c2cccnc2)n1-c1ccccc1. The van der Waals surface area contributed by atoms with Gasteiger partial charge in [-0.2, -0.15) is 0 Å². The highest BCUT2D eigenvalue weighted by Gasteiger charge is 2.18. The van der Waals surface area contributed by atoms with E-state index in [1.165, 1.54) is 11.8 Å². The minimum absolute atomic E-state index is 0.137. The third-order valence-corrected chi connectivity index (χ3v) is 5.74. The number of aromatic nitrogens is 4. The van der Waals surface area contributed by atoms with Gasteiger partial charge in [0.1, 0.15) is 5.75 Å². The highest BCUT2D eigenvalue weighted by atomic mass is 35.5. The molecular weight excluding hydrogens is 458 g/mol. The Morgan fingerprint density at radius 2 is 1.97 bits per heavy atom. The van der Waals surface area contributed by atoms with Gasteiger partial charge in [0.2, 0.25) is 5.91 Å². The van der Waals surface area contributed by atoms with E-state index in [-0.39, 0.29) is 11.7 Å². The van der Waals surface area contributed by atoms with Crippen LogP contribution in [0.3, 0.4) is 0 Å². The zero-order valence-electron chi connectivity index (χ0n) is 17.9. The minimum atomic E-state index is -0.200. The molecule has 2 heterocycles. The summed E-state index contributed by atoms with van der Waals surface area (Å²) < 4.78 is 7.64. The van der Waals surface area contributed by atoms with E-state index in [1.54, 1.807) is 30.6 Å². The van der Waals surface area contributed by atoms with Crippen molar-refractivity contribution >= 4 is 35.0 Å². The largest absolute Gasteiger partial charge is 0.491 e. The average Bonchev–Trinajstić information content (AvgIpc) is 3.27. The Morgan fingerprint density at radius 1 is 1.12 bits per heavy atom. The molecule has 0 aliphatic rings. The molecule has 9 heteroatoms. The van der Waals surface area contributed by atoms with E-state index in [0.29, 0.717) is 34.0 Å². The smallest absolute Gasteiger partial charge is 0.234 e. The molecule has 0 atom stereocenters. The predicted octanol–water partition coefficient (Wildman–Crippen LogP) is 5.50. The lowest BCUT2D eigenvalue weighted by molar-refractivity contribution is -0.113. The van der Waals surface area contributed by atoms with E-state index in [9.17, 15) is 4.79 Å². The van der Waals surface area contributed by atoms with Gasteiger partial charge in [0.05, 0.1) is 18.0 Å². The summed E-state index contributed by atoms with van der Waals surface area (Å²) in [6.45, 7) is 2.57. The van der Waals surface area contributed by atoms with Gasteiger partial charge in [-0.1, -0.05) is 48.5 Å². The first-order valence-electron chi connectivity index (χ1n) is 10.4. The van der Waals surface area contributed by atoms with Gasteiger partial charge in [0.25, 0.3) is 0 Å². The zero-order chi connectivity index (χ0) is 23.0. The van der Waals surface area contributed by atoms with Crippen LogP contribution >= 0.6 is 23.4 Å². The summed E-state index contributed by atoms with van der Waals surface area (Å²) in [5, 5.41) is 12.7. The molecule has 0 saturated carbocycles. The van der Waals surface area contributed by atoms with Crippen molar-refractivity contribution in [2.24, 2.45) is 0 Å². The predicted molar refractivity (Wildman–Crippen MR) is 131 cm³/mol. The van der Waals surface area contributed by atoms with Gasteiger partial charge in [-0.3, -0.25) is 14.3 Å². The number of thioether (sulfide) groups is 1. The molecule has 0 saturated heterocycles. The summed E-state index contributed by atoms with van der Waals surface area (Å²) in [6, 6.07) is 18.7. The normalized spacial score (nSPS) is 10.7. The second kappa shape index (κ2) is 11.0. The first-order chi connectivity index (χ1) is 16.2. The van der Waals surface area contributed by atoms with Crippen molar-refractivity contribution in [1.29, 1.82) is 0 Å². The fraction of sp³-hybridized carbons (Fsp3) is 0.167. The standard InChI is InChI=1S/C24H22ClN5O2S/c1-2-13-32-21-11-10-18(25)14-20(21)27-22(31)16-33-24-29-28-23(17-7-6-12-26-15-17)30(24)19-8-4-3-5-9-19/h3-12,14-15H,2,13,16H2,1H3,(H,27,31). The highest BCUT2D eigenvalue weighted by Crippen LogP contribution is 2.30. The van der Waals surface area contributed by atoms with Gasteiger partial charge in [0, 0.05) is 28.7 Å². The molecule has 7 nitrogen and oxygen atoms in total. The summed E-state index contributed by atoms with van der Waals surface area (Å²) in [7, 11) is 0. The number of benzene rings is 2. The van der Waals surface area contributed by atoms with Crippen molar-refractivity contribution < 1.29 is 9.53 Å². The molecule has 0 spiro atoms. The van der Waals surface area contributed by atoms with Gasteiger partial charge in [-0.25, -0.2) is 0 Å². The Balaban J connectivity index is 1.54. The first-order valence-corrected chi connectivity index (χ1v) is 11.8. The van der Waals surface area contributed by atoms with Gasteiger partial charge >= 0.3 is 0 Å². The summed E-state index contributed by atoms with van der Waals surface area (Å²) in [5.41, 5.74) is 2.28. The highest BCUT2D eigenvalue weighted by molar-refractivity contribution is 7.99. The molecule has 2 aromatic heterocycles. The molecule has 0 bridgehead atoms. The number of para-hydroxylation sites is 1. The van der Waals surface area contributed by atoms with Crippen molar-refractivity contribution in [3.8, 4) is 22.8 Å². The van der Waals surface area contributed by atoms with Gasteiger partial charge < -0.3 is 10.1 Å². The lowest BCUT2D eigenvalue weighted by Crippen LogP contribution is -2.15. The van der Waals surface area contributed by atoms with Gasteiger partial charge in [-0.15, -0.1) is 10.2 Å². The number of carbonyl (C=O) groups excluding carboxylic acids is 1. The zero-order valence-corrected chi connectivity index (χ0v) is 19.5. The van der Waals surface area contributed by atoms with Crippen LogP contribution in [0.1, 0.15) is 13.3 Å². The van der Waals surface area contributed by atoms with E-state index >= 15 is 0 Å². The maximum absolute atomic E-state index is 12.7. The molecule has 0 aliphatic carbocycles. The quantitative estimate of drug-likeness (QED) is 0.319. The van der Waals surface area contributed by atoms with Crippen LogP contribution in [0.25, 0.3) is 17.1 Å². The van der Waals surface area contributed by atoms with Crippen LogP contribution in [-0.4, -0.2) is 38.0 Å². The Kier molecular flexibility index (Phi) is 7.59. The molecule has 4 rings (SSSR count). The van der Waals surface area contributed by atoms with Crippen LogP contribution in [0.15, 0.2) is 78.2 Å². The van der Waals surface area contributed by atoms with Crippen LogP contribution < -0.4 is 10.1 Å². The number of halogens is 1. The molecule has 1 amide bonds. The number of amides is 1. The molecule has 0 radical (unpaired) electrons. The van der Waals surface area contributed by atoms with E-state index < -0.39 is 0 Å². The number of pyridine rings is 1. The Morgan fingerprint density at radius 3 is 2.73 bits per heavy atom. The molecule has 0 aliphatic heterocycles. The second-order valence-corrected chi connectivity index (χ2v) is 8.42. The number of ether oxygens (including phenoxy) is 1. The number of nitrogens with one attached hydrogen (secondary N) is 1. The van der Waals surface area contributed by atoms with Crippen molar-refractivity contribution in [2.75, 3.05) is 17.7 Å². The Bertz CT molecular complexity index is 1220. The van der Waals surface area contributed by atoms with Crippen LogP contribution in [-0.2, 0) is 4.79 Å². The monoisotopic (exact) mass is 479 g/mol. The second-order valence-electron chi connectivity index (χ2n) is 7.04. The summed E-state index contributed by atoms with van der Waals surface area (Å²) in [6.07, 6.45) is 4.31. The number of carbonyl (C=O) groups is 1. The van der Waals surface area contributed by atoms with Crippen molar-refractivity contribution in [3.05, 3.63) is 78.1 Å². The van der Waals surface area contributed by atoms with Crippen LogP contribution in [0.4, 0.5) is 5.69 Å². The van der Waals surface area contributed by atoms with Crippen molar-refractivity contribution in [1.82, 2.24) is 19.7 Å². The minimum Gasteiger partial charge on any atom is -0.491 e. The number of anilines is 1. The molecular formula is C24H22ClN5O2S. The maximum atomic E-state index is 12.7. The topological polar surface area (TPSA) is 81.9 Å². The molecule has 4 aromatic rings. The number of hydrogen-bond acceptors (Lipinski definition) is 6. The lowest BCUT2D eigenvalue weighted by Gasteiger charge is -2.13. The Labute approximate surface area is 201 Å². The summed E-state index contributed by atoms with van der Waals surface area (Å²) in [5.74, 6) is 1.18. The van der Waals surface area contributed by atoms with Crippen molar-refractivity contribution in [3.63, 3.8) is 0 Å². The van der Waals surface area contributed by atoms with Crippen LogP contribution in [0, 0.1) is 0 Å².